The molecule has 1 amide bonds. The molecule has 4 rings (SSSR count). The second-order valence-electron chi connectivity index (χ2n) is 7.09. The van der Waals surface area contributed by atoms with Crippen LogP contribution in [-0.2, 0) is 0 Å². The molecule has 3 aromatic heterocycles. The zero-order chi connectivity index (χ0) is 19.7. The van der Waals surface area contributed by atoms with Gasteiger partial charge in [0.15, 0.2) is 11.5 Å². The van der Waals surface area contributed by atoms with Gasteiger partial charge in [0.1, 0.15) is 10.7 Å². The van der Waals surface area contributed by atoms with Crippen molar-refractivity contribution in [1.82, 2.24) is 24.9 Å². The van der Waals surface area contributed by atoms with Crippen molar-refractivity contribution in [1.29, 1.82) is 0 Å². The minimum Gasteiger partial charge on any atom is -0.340 e. The van der Waals surface area contributed by atoms with Crippen LogP contribution in [0.2, 0.25) is 0 Å². The van der Waals surface area contributed by atoms with Crippen LogP contribution in [-0.4, -0.2) is 25.5 Å². The largest absolute Gasteiger partial charge is 0.340 e. The Hall–Kier alpha value is -3.06. The van der Waals surface area contributed by atoms with Crippen molar-refractivity contribution < 1.29 is 4.79 Å². The maximum atomic E-state index is 12.9. The van der Waals surface area contributed by atoms with Gasteiger partial charge in [-0.3, -0.25) is 9.20 Å². The van der Waals surface area contributed by atoms with Gasteiger partial charge in [0.25, 0.3) is 5.91 Å². The van der Waals surface area contributed by atoms with E-state index in [0.29, 0.717) is 11.5 Å². The molecule has 1 atom stereocenters. The molecule has 0 unspecified atom stereocenters. The Morgan fingerprint density at radius 3 is 2.64 bits per heavy atom. The number of aryl methyl sites for hydroxylation is 1. The Labute approximate surface area is 167 Å². The number of pyridine rings is 1. The smallest absolute Gasteiger partial charge is 0.271 e. The lowest BCUT2D eigenvalue weighted by Gasteiger charge is -2.20. The molecule has 3 heterocycles. The summed E-state index contributed by atoms with van der Waals surface area (Å²) in [7, 11) is 0. The highest BCUT2D eigenvalue weighted by atomic mass is 32.1. The van der Waals surface area contributed by atoms with Crippen molar-refractivity contribution in [3.05, 3.63) is 71.1 Å². The molecule has 0 aliphatic carbocycles. The summed E-state index contributed by atoms with van der Waals surface area (Å²) in [5, 5.41) is 14.2. The van der Waals surface area contributed by atoms with E-state index in [1.807, 2.05) is 73.8 Å². The van der Waals surface area contributed by atoms with Gasteiger partial charge in [-0.05, 0) is 25.0 Å². The van der Waals surface area contributed by atoms with Crippen molar-refractivity contribution in [2.75, 3.05) is 0 Å². The lowest BCUT2D eigenvalue weighted by atomic mass is 10.0. The van der Waals surface area contributed by atoms with Crippen molar-refractivity contribution >= 4 is 22.9 Å². The highest BCUT2D eigenvalue weighted by Crippen LogP contribution is 2.25. The van der Waals surface area contributed by atoms with E-state index in [-0.39, 0.29) is 17.9 Å². The first kappa shape index (κ1) is 18.3. The average Bonchev–Trinajstić information content (AvgIpc) is 3.34. The molecule has 0 saturated carbocycles. The highest BCUT2D eigenvalue weighted by molar-refractivity contribution is 7.13. The number of thiazole rings is 1. The molecule has 1 N–H and O–H groups in total. The van der Waals surface area contributed by atoms with E-state index in [1.165, 1.54) is 16.9 Å². The van der Waals surface area contributed by atoms with Gasteiger partial charge in [0.2, 0.25) is 0 Å². The number of aromatic nitrogens is 4. The number of carbonyl (C=O) groups excluding carboxylic acids is 1. The summed E-state index contributed by atoms with van der Waals surface area (Å²) in [4.78, 5) is 17.4. The summed E-state index contributed by atoms with van der Waals surface area (Å²) in [5.41, 5.74) is 3.38. The van der Waals surface area contributed by atoms with Crippen LogP contribution >= 0.6 is 11.3 Å². The van der Waals surface area contributed by atoms with Crippen LogP contribution in [0.5, 0.6) is 0 Å². The summed E-state index contributed by atoms with van der Waals surface area (Å²) in [6.45, 7) is 6.15. The number of nitrogens with one attached hydrogen (secondary N) is 1. The molecule has 0 fully saturated rings. The van der Waals surface area contributed by atoms with Gasteiger partial charge in [-0.2, -0.15) is 0 Å². The van der Waals surface area contributed by atoms with Crippen LogP contribution < -0.4 is 5.32 Å². The van der Waals surface area contributed by atoms with Crippen LogP contribution in [0, 0.1) is 12.8 Å². The summed E-state index contributed by atoms with van der Waals surface area (Å²) < 4.78 is 1.91. The fourth-order valence-corrected chi connectivity index (χ4v) is 3.83. The number of hydrogen-bond donors (Lipinski definition) is 1. The fourth-order valence-electron chi connectivity index (χ4n) is 3.02. The molecule has 0 bridgehead atoms. The van der Waals surface area contributed by atoms with Gasteiger partial charge in [-0.1, -0.05) is 49.7 Å². The number of rotatable bonds is 5. The molecular weight excluding hydrogens is 370 g/mol. The van der Waals surface area contributed by atoms with Crippen molar-refractivity contribution in [3.8, 4) is 10.6 Å². The monoisotopic (exact) mass is 391 g/mol. The number of fused-ring (bicyclic) bond motifs is 1. The van der Waals surface area contributed by atoms with Gasteiger partial charge >= 0.3 is 0 Å². The number of hydrogen-bond acceptors (Lipinski definition) is 5. The number of amides is 1. The van der Waals surface area contributed by atoms with Crippen molar-refractivity contribution in [2.24, 2.45) is 5.92 Å². The standard InChI is InChI=1S/C21H21N5OS/c1-13(2)18(19-25-24-17-6-4-5-11-26(17)19)23-20(27)16-12-28-21(22-16)15-9-7-14(3)8-10-15/h4-13,18H,1-3H3,(H,23,27)/t18-/m0/s1. The van der Waals surface area contributed by atoms with Crippen LogP contribution in [0.4, 0.5) is 0 Å². The molecule has 0 spiro atoms. The van der Waals surface area contributed by atoms with Crippen LogP contribution in [0.15, 0.2) is 54.0 Å². The molecule has 7 heteroatoms. The Bertz CT molecular complexity index is 1110. The van der Waals surface area contributed by atoms with Gasteiger partial charge in [0.05, 0.1) is 6.04 Å². The van der Waals surface area contributed by atoms with Crippen LogP contribution in [0.1, 0.15) is 41.8 Å². The number of carbonyl (C=O) groups is 1. The Kier molecular flexibility index (Phi) is 4.92. The molecule has 142 valence electrons. The highest BCUT2D eigenvalue weighted by Gasteiger charge is 2.25. The number of nitrogens with zero attached hydrogens (tertiary/aromatic N) is 4. The van der Waals surface area contributed by atoms with Crippen LogP contribution in [0.25, 0.3) is 16.2 Å². The molecule has 6 nitrogen and oxygen atoms in total. The predicted molar refractivity (Wildman–Crippen MR) is 110 cm³/mol. The lowest BCUT2D eigenvalue weighted by Crippen LogP contribution is -2.33. The number of benzene rings is 1. The van der Waals surface area contributed by atoms with Gasteiger partial charge < -0.3 is 5.32 Å². The SMILES string of the molecule is Cc1ccc(-c2nc(C(=O)N[C@H](c3nnc4ccccn34)C(C)C)cs2)cc1. The van der Waals surface area contributed by atoms with E-state index >= 15 is 0 Å². The maximum Gasteiger partial charge on any atom is 0.271 e. The maximum absolute atomic E-state index is 12.9. The van der Waals surface area contributed by atoms with Gasteiger partial charge in [-0.25, -0.2) is 4.98 Å². The normalized spacial score (nSPS) is 12.4. The van der Waals surface area contributed by atoms with E-state index in [1.54, 1.807) is 5.38 Å². The predicted octanol–water partition coefficient (Wildman–Crippen LogP) is 4.29. The summed E-state index contributed by atoms with van der Waals surface area (Å²) in [6.07, 6.45) is 1.91. The summed E-state index contributed by atoms with van der Waals surface area (Å²) >= 11 is 1.47. The Morgan fingerprint density at radius 2 is 1.89 bits per heavy atom. The Morgan fingerprint density at radius 1 is 1.11 bits per heavy atom. The minimum absolute atomic E-state index is 0.145. The Balaban J connectivity index is 1.58. The first-order chi connectivity index (χ1) is 13.5. The summed E-state index contributed by atoms with van der Waals surface area (Å²) in [5.74, 6) is 0.653. The third-order valence-electron chi connectivity index (χ3n) is 4.61. The quantitative estimate of drug-likeness (QED) is 0.551. The molecule has 0 aliphatic heterocycles. The first-order valence-electron chi connectivity index (χ1n) is 9.16. The molecule has 28 heavy (non-hydrogen) atoms. The molecule has 0 saturated heterocycles. The fraction of sp³-hybridized carbons (Fsp3) is 0.238. The van der Waals surface area contributed by atoms with E-state index in [4.69, 9.17) is 0 Å². The lowest BCUT2D eigenvalue weighted by molar-refractivity contribution is 0.0918. The topological polar surface area (TPSA) is 72.2 Å². The minimum atomic E-state index is -0.269. The van der Waals surface area contributed by atoms with E-state index in [9.17, 15) is 4.79 Å². The molecule has 4 aromatic rings. The first-order valence-corrected chi connectivity index (χ1v) is 10.0. The third kappa shape index (κ3) is 3.53. The van der Waals surface area contributed by atoms with Gasteiger partial charge in [0, 0.05) is 17.1 Å². The zero-order valence-corrected chi connectivity index (χ0v) is 16.8. The van der Waals surface area contributed by atoms with Gasteiger partial charge in [-0.15, -0.1) is 21.5 Å². The second-order valence-corrected chi connectivity index (χ2v) is 7.94. The van der Waals surface area contributed by atoms with Crippen LogP contribution in [0.3, 0.4) is 0 Å². The van der Waals surface area contributed by atoms with E-state index in [2.05, 4.69) is 20.5 Å². The zero-order valence-electron chi connectivity index (χ0n) is 16.0. The average molecular weight is 392 g/mol. The molecule has 0 radical (unpaired) electrons. The van der Waals surface area contributed by atoms with E-state index < -0.39 is 0 Å². The second kappa shape index (κ2) is 7.52. The summed E-state index contributed by atoms with van der Waals surface area (Å²) in [6, 6.07) is 13.6. The van der Waals surface area contributed by atoms with Crippen molar-refractivity contribution in [2.45, 2.75) is 26.8 Å². The van der Waals surface area contributed by atoms with E-state index in [0.717, 1.165) is 16.2 Å². The molecule has 1 aromatic carbocycles. The third-order valence-corrected chi connectivity index (χ3v) is 5.50. The molecule has 0 aliphatic rings. The van der Waals surface area contributed by atoms with Crippen molar-refractivity contribution in [3.63, 3.8) is 0 Å². The molecular formula is C21H21N5OS.